The summed E-state index contributed by atoms with van der Waals surface area (Å²) in [4.78, 5) is 11.1. The van der Waals surface area contributed by atoms with Crippen molar-refractivity contribution in [2.45, 2.75) is 38.9 Å². The molecule has 19 heavy (non-hydrogen) atoms. The van der Waals surface area contributed by atoms with Gasteiger partial charge >= 0.3 is 5.97 Å². The molecule has 3 rings (SSSR count). The largest absolute Gasteiger partial charge is 0.478 e. The van der Waals surface area contributed by atoms with Crippen LogP contribution in [-0.2, 0) is 13.1 Å². The quantitative estimate of drug-likeness (QED) is 0.866. The minimum atomic E-state index is -0.872. The van der Waals surface area contributed by atoms with Crippen LogP contribution in [0.2, 0.25) is 0 Å². The van der Waals surface area contributed by atoms with Crippen molar-refractivity contribution in [2.24, 2.45) is 0 Å². The highest BCUT2D eigenvalue weighted by Crippen LogP contribution is 2.24. The Labute approximate surface area is 112 Å². The van der Waals surface area contributed by atoms with Crippen molar-refractivity contribution >= 4 is 16.9 Å². The van der Waals surface area contributed by atoms with Crippen LogP contribution < -0.4 is 5.32 Å². The highest BCUT2D eigenvalue weighted by molar-refractivity contribution is 5.93. The van der Waals surface area contributed by atoms with Gasteiger partial charge < -0.3 is 15.0 Å². The van der Waals surface area contributed by atoms with Crippen molar-refractivity contribution in [3.63, 3.8) is 0 Å². The van der Waals surface area contributed by atoms with Gasteiger partial charge in [-0.25, -0.2) is 4.79 Å². The van der Waals surface area contributed by atoms with E-state index in [1.54, 1.807) is 12.1 Å². The number of benzene rings is 1. The molecule has 0 amide bonds. The smallest absolute Gasteiger partial charge is 0.335 e. The van der Waals surface area contributed by atoms with Crippen LogP contribution in [-0.4, -0.2) is 21.7 Å². The maximum absolute atomic E-state index is 11.1. The lowest BCUT2D eigenvalue weighted by Crippen LogP contribution is -2.17. The van der Waals surface area contributed by atoms with Gasteiger partial charge in [0.1, 0.15) is 0 Å². The standard InChI is InChI=1S/C15H18N2O2/c1-2-17-13(9-16-12-5-6-12)7-10-3-4-11(15(18)19)8-14(10)17/h3-4,7-8,12,16H,2,5-6,9H2,1H3,(H,18,19). The number of carbonyl (C=O) groups is 1. The Morgan fingerprint density at radius 3 is 2.84 bits per heavy atom. The van der Waals surface area contributed by atoms with Gasteiger partial charge in [-0.1, -0.05) is 6.07 Å². The third kappa shape index (κ3) is 2.36. The Bertz CT molecular complexity index is 626. The average molecular weight is 258 g/mol. The van der Waals surface area contributed by atoms with Crippen LogP contribution in [0, 0.1) is 0 Å². The Kier molecular flexibility index (Phi) is 3.03. The van der Waals surface area contributed by atoms with Crippen molar-refractivity contribution in [1.82, 2.24) is 9.88 Å². The fraction of sp³-hybridized carbons (Fsp3) is 0.400. The highest BCUT2D eigenvalue weighted by atomic mass is 16.4. The molecule has 0 bridgehead atoms. The Balaban J connectivity index is 1.99. The van der Waals surface area contributed by atoms with Gasteiger partial charge in [-0.05, 0) is 43.4 Å². The summed E-state index contributed by atoms with van der Waals surface area (Å²) in [7, 11) is 0. The molecule has 1 saturated carbocycles. The second-order valence-electron chi connectivity index (χ2n) is 5.11. The predicted octanol–water partition coefficient (Wildman–Crippen LogP) is 2.61. The van der Waals surface area contributed by atoms with Gasteiger partial charge in [0.05, 0.1) is 5.56 Å². The maximum atomic E-state index is 11.1. The molecule has 1 fully saturated rings. The lowest BCUT2D eigenvalue weighted by molar-refractivity contribution is 0.0697. The number of aryl methyl sites for hydroxylation is 1. The lowest BCUT2D eigenvalue weighted by Gasteiger charge is -2.08. The number of rotatable bonds is 5. The SMILES string of the molecule is CCn1c(CNC2CC2)cc2ccc(C(=O)O)cc21. The van der Waals surface area contributed by atoms with Gasteiger partial charge in [0.25, 0.3) is 0 Å². The molecule has 0 unspecified atom stereocenters. The minimum absolute atomic E-state index is 0.349. The van der Waals surface area contributed by atoms with E-state index in [-0.39, 0.29) is 0 Å². The van der Waals surface area contributed by atoms with Crippen LogP contribution in [0.3, 0.4) is 0 Å². The second-order valence-corrected chi connectivity index (χ2v) is 5.11. The number of carboxylic acids is 1. The Morgan fingerprint density at radius 1 is 1.42 bits per heavy atom. The molecule has 2 N–H and O–H groups in total. The molecule has 1 aromatic heterocycles. The summed E-state index contributed by atoms with van der Waals surface area (Å²) < 4.78 is 2.19. The fourth-order valence-corrected chi connectivity index (χ4v) is 2.50. The normalized spacial score (nSPS) is 15.0. The Hall–Kier alpha value is -1.81. The van der Waals surface area contributed by atoms with Gasteiger partial charge in [0, 0.05) is 30.3 Å². The van der Waals surface area contributed by atoms with Gasteiger partial charge in [0.15, 0.2) is 0 Å². The molecule has 1 aliphatic rings. The van der Waals surface area contributed by atoms with E-state index in [0.717, 1.165) is 24.0 Å². The average Bonchev–Trinajstić information content (AvgIpc) is 3.16. The molecule has 100 valence electrons. The zero-order chi connectivity index (χ0) is 13.4. The molecule has 0 atom stereocenters. The van der Waals surface area contributed by atoms with Crippen LogP contribution in [0.1, 0.15) is 35.8 Å². The topological polar surface area (TPSA) is 54.3 Å². The first kappa shape index (κ1) is 12.2. The number of nitrogens with zero attached hydrogens (tertiary/aromatic N) is 1. The second kappa shape index (κ2) is 4.70. The highest BCUT2D eigenvalue weighted by Gasteiger charge is 2.21. The summed E-state index contributed by atoms with van der Waals surface area (Å²) >= 11 is 0. The first-order valence-corrected chi connectivity index (χ1v) is 6.78. The summed E-state index contributed by atoms with van der Waals surface area (Å²) in [5.74, 6) is -0.872. The fourth-order valence-electron chi connectivity index (χ4n) is 2.50. The van der Waals surface area contributed by atoms with Gasteiger partial charge in [-0.3, -0.25) is 0 Å². The predicted molar refractivity (Wildman–Crippen MR) is 74.4 cm³/mol. The van der Waals surface area contributed by atoms with E-state index in [2.05, 4.69) is 22.9 Å². The molecular weight excluding hydrogens is 240 g/mol. The van der Waals surface area contributed by atoms with E-state index >= 15 is 0 Å². The molecule has 0 saturated heterocycles. The molecule has 4 heteroatoms. The third-order valence-corrected chi connectivity index (χ3v) is 3.70. The summed E-state index contributed by atoms with van der Waals surface area (Å²) in [6.45, 7) is 3.80. The van der Waals surface area contributed by atoms with Crippen LogP contribution in [0.4, 0.5) is 0 Å². The van der Waals surface area contributed by atoms with E-state index in [9.17, 15) is 4.79 Å². The van der Waals surface area contributed by atoms with E-state index in [4.69, 9.17) is 5.11 Å². The number of hydrogen-bond acceptors (Lipinski definition) is 2. The van der Waals surface area contributed by atoms with Crippen molar-refractivity contribution < 1.29 is 9.90 Å². The number of aromatic nitrogens is 1. The zero-order valence-electron chi connectivity index (χ0n) is 11.0. The summed E-state index contributed by atoms with van der Waals surface area (Å²) in [5.41, 5.74) is 2.59. The maximum Gasteiger partial charge on any atom is 0.335 e. The number of fused-ring (bicyclic) bond motifs is 1. The monoisotopic (exact) mass is 258 g/mol. The van der Waals surface area contributed by atoms with Crippen molar-refractivity contribution in [3.8, 4) is 0 Å². The van der Waals surface area contributed by atoms with Crippen LogP contribution >= 0.6 is 0 Å². The first-order chi connectivity index (χ1) is 9.19. The molecule has 4 nitrogen and oxygen atoms in total. The molecule has 1 aliphatic carbocycles. The molecule has 0 aliphatic heterocycles. The van der Waals surface area contributed by atoms with Crippen molar-refractivity contribution in [2.75, 3.05) is 0 Å². The van der Waals surface area contributed by atoms with E-state index in [1.807, 2.05) is 6.07 Å². The summed E-state index contributed by atoms with van der Waals surface area (Å²) in [6, 6.07) is 8.16. The minimum Gasteiger partial charge on any atom is -0.478 e. The lowest BCUT2D eigenvalue weighted by atomic mass is 10.1. The van der Waals surface area contributed by atoms with Gasteiger partial charge in [-0.2, -0.15) is 0 Å². The molecule has 1 aromatic carbocycles. The number of carboxylic acid groups (broad SMARTS) is 1. The number of hydrogen-bond donors (Lipinski definition) is 2. The van der Waals surface area contributed by atoms with Crippen LogP contribution in [0.15, 0.2) is 24.3 Å². The molecule has 0 radical (unpaired) electrons. The number of aromatic carboxylic acids is 1. The Morgan fingerprint density at radius 2 is 2.21 bits per heavy atom. The van der Waals surface area contributed by atoms with Crippen molar-refractivity contribution in [3.05, 3.63) is 35.5 Å². The summed E-state index contributed by atoms with van der Waals surface area (Å²) in [6.07, 6.45) is 2.55. The van der Waals surface area contributed by atoms with Crippen LogP contribution in [0.5, 0.6) is 0 Å². The van der Waals surface area contributed by atoms with Gasteiger partial charge in [-0.15, -0.1) is 0 Å². The first-order valence-electron chi connectivity index (χ1n) is 6.78. The van der Waals surface area contributed by atoms with Crippen molar-refractivity contribution in [1.29, 1.82) is 0 Å². The third-order valence-electron chi connectivity index (χ3n) is 3.70. The zero-order valence-corrected chi connectivity index (χ0v) is 11.0. The molecule has 2 aromatic rings. The van der Waals surface area contributed by atoms with Gasteiger partial charge in [0.2, 0.25) is 0 Å². The number of nitrogens with one attached hydrogen (secondary N) is 1. The van der Waals surface area contributed by atoms with E-state index in [0.29, 0.717) is 11.6 Å². The van der Waals surface area contributed by atoms with Crippen LogP contribution in [0.25, 0.3) is 10.9 Å². The summed E-state index contributed by atoms with van der Waals surface area (Å²) in [5, 5.41) is 13.7. The molecule has 0 spiro atoms. The van der Waals surface area contributed by atoms with E-state index in [1.165, 1.54) is 18.5 Å². The molecular formula is C15H18N2O2. The van der Waals surface area contributed by atoms with E-state index < -0.39 is 5.97 Å². The molecule has 1 heterocycles.